The van der Waals surface area contributed by atoms with Crippen LogP contribution in [0.4, 0.5) is 0 Å². The summed E-state index contributed by atoms with van der Waals surface area (Å²) < 4.78 is 5.44. The van der Waals surface area contributed by atoms with Crippen molar-refractivity contribution in [1.29, 1.82) is 0 Å². The van der Waals surface area contributed by atoms with Gasteiger partial charge in [-0.05, 0) is 51.3 Å². The van der Waals surface area contributed by atoms with E-state index in [9.17, 15) is 9.90 Å². The van der Waals surface area contributed by atoms with E-state index in [2.05, 4.69) is 6.58 Å². The number of aliphatic hydroxyl groups is 1. The molecule has 0 bridgehead atoms. The lowest BCUT2D eigenvalue weighted by molar-refractivity contribution is 0.0225. The van der Waals surface area contributed by atoms with Crippen molar-refractivity contribution in [3.05, 3.63) is 48.0 Å². The highest BCUT2D eigenvalue weighted by Crippen LogP contribution is 2.19. The van der Waals surface area contributed by atoms with E-state index < -0.39 is 5.60 Å². The summed E-state index contributed by atoms with van der Waals surface area (Å²) in [4.78, 5) is 12.0. The summed E-state index contributed by atoms with van der Waals surface area (Å²) >= 11 is 0. The lowest BCUT2D eigenvalue weighted by Crippen LogP contribution is -2.25. The molecule has 0 aliphatic carbocycles. The second-order valence-electron chi connectivity index (χ2n) is 5.46. The molecular weight excluding hydrogens is 240 g/mol. The molecule has 0 aliphatic heterocycles. The third-order valence-corrected chi connectivity index (χ3v) is 2.83. The Bertz CT molecular complexity index is 429. The molecule has 1 N–H and O–H groups in total. The lowest BCUT2D eigenvalue weighted by atomic mass is 9.98. The zero-order valence-electron chi connectivity index (χ0n) is 11.8. The zero-order valence-corrected chi connectivity index (χ0v) is 11.8. The molecule has 3 heteroatoms. The van der Waals surface area contributed by atoms with Crippen molar-refractivity contribution in [2.45, 2.75) is 45.3 Å². The average Bonchev–Trinajstić information content (AvgIpc) is 2.33. The standard InChI is InChI=1S/C16H22O3/c1-12(2)14(10-11-16(3,4)18)19-15(17)13-8-6-5-7-9-13/h5-9,14,18H,1,10-11H2,2-4H3. The van der Waals surface area contributed by atoms with Crippen LogP contribution >= 0.6 is 0 Å². The van der Waals surface area contributed by atoms with Crippen LogP contribution in [0.2, 0.25) is 0 Å². The van der Waals surface area contributed by atoms with Crippen molar-refractivity contribution in [2.24, 2.45) is 0 Å². The zero-order chi connectivity index (χ0) is 14.5. The van der Waals surface area contributed by atoms with Gasteiger partial charge in [-0.2, -0.15) is 0 Å². The third kappa shape index (κ3) is 5.71. The topological polar surface area (TPSA) is 46.5 Å². The van der Waals surface area contributed by atoms with Crippen LogP contribution in [0.1, 0.15) is 44.0 Å². The van der Waals surface area contributed by atoms with Gasteiger partial charge in [0.2, 0.25) is 0 Å². The number of esters is 1. The van der Waals surface area contributed by atoms with E-state index in [0.717, 1.165) is 5.57 Å². The van der Waals surface area contributed by atoms with Gasteiger partial charge in [0.25, 0.3) is 0 Å². The summed E-state index contributed by atoms with van der Waals surface area (Å²) in [6.07, 6.45) is 0.753. The van der Waals surface area contributed by atoms with Crippen molar-refractivity contribution in [3.8, 4) is 0 Å². The van der Waals surface area contributed by atoms with Crippen LogP contribution < -0.4 is 0 Å². The summed E-state index contributed by atoms with van der Waals surface area (Å²) in [5.74, 6) is -0.357. The second kappa shape index (κ2) is 6.53. The average molecular weight is 262 g/mol. The Morgan fingerprint density at radius 1 is 1.37 bits per heavy atom. The van der Waals surface area contributed by atoms with E-state index in [0.29, 0.717) is 18.4 Å². The maximum atomic E-state index is 12.0. The van der Waals surface area contributed by atoms with E-state index in [-0.39, 0.29) is 12.1 Å². The number of hydrogen-bond acceptors (Lipinski definition) is 3. The molecule has 3 nitrogen and oxygen atoms in total. The van der Waals surface area contributed by atoms with Gasteiger partial charge in [-0.1, -0.05) is 24.8 Å². The van der Waals surface area contributed by atoms with Crippen LogP contribution in [0.25, 0.3) is 0 Å². The molecule has 1 aromatic rings. The molecule has 0 saturated heterocycles. The SMILES string of the molecule is C=C(C)C(CCC(C)(C)O)OC(=O)c1ccccc1. The molecule has 0 spiro atoms. The third-order valence-electron chi connectivity index (χ3n) is 2.83. The van der Waals surface area contributed by atoms with Crippen LogP contribution in [-0.4, -0.2) is 22.8 Å². The van der Waals surface area contributed by atoms with Gasteiger partial charge in [-0.15, -0.1) is 0 Å². The summed E-state index contributed by atoms with van der Waals surface area (Å²) in [7, 11) is 0. The molecule has 0 amide bonds. The van der Waals surface area contributed by atoms with Crippen LogP contribution in [0, 0.1) is 0 Å². The Kier molecular flexibility index (Phi) is 5.31. The minimum Gasteiger partial charge on any atom is -0.454 e. The van der Waals surface area contributed by atoms with Crippen LogP contribution in [0.5, 0.6) is 0 Å². The first-order chi connectivity index (χ1) is 8.79. The lowest BCUT2D eigenvalue weighted by Gasteiger charge is -2.23. The monoisotopic (exact) mass is 262 g/mol. The molecule has 19 heavy (non-hydrogen) atoms. The summed E-state index contributed by atoms with van der Waals surface area (Å²) in [6.45, 7) is 9.15. The highest BCUT2D eigenvalue weighted by atomic mass is 16.5. The molecule has 0 fully saturated rings. The van der Waals surface area contributed by atoms with E-state index in [1.165, 1.54) is 0 Å². The minimum atomic E-state index is -0.771. The molecule has 0 saturated carbocycles. The van der Waals surface area contributed by atoms with Crippen molar-refractivity contribution < 1.29 is 14.6 Å². The fraction of sp³-hybridized carbons (Fsp3) is 0.438. The van der Waals surface area contributed by atoms with Gasteiger partial charge in [0.1, 0.15) is 6.10 Å². The normalized spacial score (nSPS) is 12.8. The predicted octanol–water partition coefficient (Wildman–Crippen LogP) is 3.34. The molecule has 0 heterocycles. The summed E-state index contributed by atoms with van der Waals surface area (Å²) in [5.41, 5.74) is 0.540. The molecule has 104 valence electrons. The number of benzene rings is 1. The molecule has 1 aromatic carbocycles. The fourth-order valence-electron chi connectivity index (χ4n) is 1.66. The smallest absolute Gasteiger partial charge is 0.338 e. The fourth-order valence-corrected chi connectivity index (χ4v) is 1.66. The van der Waals surface area contributed by atoms with E-state index >= 15 is 0 Å². The maximum Gasteiger partial charge on any atom is 0.338 e. The van der Waals surface area contributed by atoms with Crippen LogP contribution in [-0.2, 0) is 4.74 Å². The summed E-state index contributed by atoms with van der Waals surface area (Å²) in [5, 5.41) is 9.73. The van der Waals surface area contributed by atoms with Gasteiger partial charge in [-0.25, -0.2) is 4.79 Å². The first kappa shape index (κ1) is 15.4. The number of rotatable bonds is 6. The van der Waals surface area contributed by atoms with Gasteiger partial charge >= 0.3 is 5.97 Å². The van der Waals surface area contributed by atoms with E-state index in [4.69, 9.17) is 4.74 Å². The van der Waals surface area contributed by atoms with Gasteiger partial charge in [0, 0.05) is 0 Å². The van der Waals surface area contributed by atoms with Crippen LogP contribution in [0.3, 0.4) is 0 Å². The van der Waals surface area contributed by atoms with Crippen LogP contribution in [0.15, 0.2) is 42.5 Å². The molecular formula is C16H22O3. The van der Waals surface area contributed by atoms with E-state index in [1.807, 2.05) is 13.0 Å². The van der Waals surface area contributed by atoms with Crippen molar-refractivity contribution in [2.75, 3.05) is 0 Å². The molecule has 0 aromatic heterocycles. The predicted molar refractivity (Wildman–Crippen MR) is 76.0 cm³/mol. The van der Waals surface area contributed by atoms with Gasteiger partial charge < -0.3 is 9.84 Å². The quantitative estimate of drug-likeness (QED) is 0.631. The van der Waals surface area contributed by atoms with E-state index in [1.54, 1.807) is 38.1 Å². The van der Waals surface area contributed by atoms with Gasteiger partial charge in [0.15, 0.2) is 0 Å². The van der Waals surface area contributed by atoms with Crippen molar-refractivity contribution >= 4 is 5.97 Å². The number of carbonyl (C=O) groups is 1. The summed E-state index contributed by atoms with van der Waals surface area (Å²) in [6, 6.07) is 8.87. The molecule has 0 radical (unpaired) electrons. The molecule has 1 rings (SSSR count). The molecule has 0 aliphatic rings. The second-order valence-corrected chi connectivity index (χ2v) is 5.46. The molecule has 1 unspecified atom stereocenters. The number of hydrogen-bond donors (Lipinski definition) is 1. The maximum absolute atomic E-state index is 12.0. The Morgan fingerprint density at radius 3 is 2.42 bits per heavy atom. The Labute approximate surface area is 114 Å². The Balaban J connectivity index is 2.64. The highest BCUT2D eigenvalue weighted by molar-refractivity contribution is 5.89. The first-order valence-corrected chi connectivity index (χ1v) is 6.43. The number of ether oxygens (including phenoxy) is 1. The number of carbonyl (C=O) groups excluding carboxylic acids is 1. The van der Waals surface area contributed by atoms with Gasteiger partial charge in [-0.3, -0.25) is 0 Å². The first-order valence-electron chi connectivity index (χ1n) is 6.43. The molecule has 1 atom stereocenters. The van der Waals surface area contributed by atoms with Crippen molar-refractivity contribution in [3.63, 3.8) is 0 Å². The minimum absolute atomic E-state index is 0.357. The largest absolute Gasteiger partial charge is 0.454 e. The van der Waals surface area contributed by atoms with Gasteiger partial charge in [0.05, 0.1) is 11.2 Å². The Hall–Kier alpha value is -1.61. The Morgan fingerprint density at radius 2 is 1.95 bits per heavy atom. The van der Waals surface area contributed by atoms with Crippen molar-refractivity contribution in [1.82, 2.24) is 0 Å². The highest BCUT2D eigenvalue weighted by Gasteiger charge is 2.20.